The van der Waals surface area contributed by atoms with Gasteiger partial charge in [-0.15, -0.1) is 11.6 Å². The summed E-state index contributed by atoms with van der Waals surface area (Å²) in [7, 11) is 0. The molecule has 1 heterocycles. The van der Waals surface area contributed by atoms with Crippen molar-refractivity contribution in [2.75, 3.05) is 12.4 Å². The molecule has 1 aromatic heterocycles. The molecule has 0 radical (unpaired) electrons. The smallest absolute Gasteiger partial charge is 0.0544 e. The molecular formula is C13H18BrClN2. The summed E-state index contributed by atoms with van der Waals surface area (Å²) >= 11 is 9.20. The molecule has 0 amide bonds. The average Bonchev–Trinajstić information content (AvgIpc) is 2.26. The first-order chi connectivity index (χ1) is 8.29. The van der Waals surface area contributed by atoms with Crippen molar-refractivity contribution in [1.29, 1.82) is 0 Å². The quantitative estimate of drug-likeness (QED) is 0.741. The highest BCUT2D eigenvalue weighted by Crippen LogP contribution is 2.26. The van der Waals surface area contributed by atoms with Gasteiger partial charge < -0.3 is 0 Å². The summed E-state index contributed by atoms with van der Waals surface area (Å²) in [6.07, 6.45) is 6.97. The molecular weight excluding hydrogens is 300 g/mol. The van der Waals surface area contributed by atoms with Crippen molar-refractivity contribution in [2.24, 2.45) is 0 Å². The van der Waals surface area contributed by atoms with Gasteiger partial charge in [-0.3, -0.25) is 9.88 Å². The van der Waals surface area contributed by atoms with Crippen molar-refractivity contribution in [3.63, 3.8) is 0 Å². The van der Waals surface area contributed by atoms with Crippen LogP contribution in [0.2, 0.25) is 0 Å². The fourth-order valence-corrected chi connectivity index (χ4v) is 2.47. The molecule has 0 spiro atoms. The second kappa shape index (κ2) is 6.72. The Balaban J connectivity index is 1.93. The average molecular weight is 318 g/mol. The largest absolute Gasteiger partial charge is 0.295 e. The van der Waals surface area contributed by atoms with Crippen LogP contribution in [0.5, 0.6) is 0 Å². The third-order valence-corrected chi connectivity index (χ3v) is 4.06. The predicted molar refractivity (Wildman–Crippen MR) is 75.3 cm³/mol. The number of nitrogens with zero attached hydrogens (tertiary/aromatic N) is 2. The van der Waals surface area contributed by atoms with Crippen molar-refractivity contribution in [1.82, 2.24) is 9.88 Å². The highest BCUT2D eigenvalue weighted by Gasteiger charge is 2.24. The van der Waals surface area contributed by atoms with Crippen LogP contribution in [0, 0.1) is 0 Å². The van der Waals surface area contributed by atoms with Gasteiger partial charge >= 0.3 is 0 Å². The first-order valence-electron chi connectivity index (χ1n) is 6.20. The maximum atomic E-state index is 5.79. The SMILES string of the molecule is ClCCCN(Cc1ccc(Br)cn1)C1CCC1. The standard InChI is InChI=1S/C13H18BrClN2/c14-11-5-6-12(16-9-11)10-17(8-2-7-15)13-3-1-4-13/h5-6,9,13H,1-4,7-8,10H2. The summed E-state index contributed by atoms with van der Waals surface area (Å²) in [5, 5.41) is 0. The van der Waals surface area contributed by atoms with Gasteiger partial charge in [0.25, 0.3) is 0 Å². The number of hydrogen-bond donors (Lipinski definition) is 0. The molecule has 0 unspecified atom stereocenters. The van der Waals surface area contributed by atoms with Crippen LogP contribution < -0.4 is 0 Å². The first-order valence-corrected chi connectivity index (χ1v) is 7.53. The highest BCUT2D eigenvalue weighted by molar-refractivity contribution is 9.10. The molecule has 1 aromatic rings. The van der Waals surface area contributed by atoms with Crippen LogP contribution in [0.25, 0.3) is 0 Å². The monoisotopic (exact) mass is 316 g/mol. The molecule has 17 heavy (non-hydrogen) atoms. The summed E-state index contributed by atoms with van der Waals surface area (Å²) in [5.74, 6) is 0.747. The zero-order valence-electron chi connectivity index (χ0n) is 9.91. The Morgan fingerprint density at radius 2 is 2.24 bits per heavy atom. The molecule has 1 saturated carbocycles. The number of hydrogen-bond acceptors (Lipinski definition) is 2. The van der Waals surface area contributed by atoms with Crippen molar-refractivity contribution in [3.8, 4) is 0 Å². The van der Waals surface area contributed by atoms with Crippen molar-refractivity contribution in [3.05, 3.63) is 28.5 Å². The second-order valence-electron chi connectivity index (χ2n) is 4.57. The third-order valence-electron chi connectivity index (χ3n) is 3.32. The lowest BCUT2D eigenvalue weighted by Crippen LogP contribution is -2.40. The molecule has 1 aliphatic carbocycles. The third kappa shape index (κ3) is 3.94. The Labute approximate surface area is 116 Å². The molecule has 2 rings (SSSR count). The Morgan fingerprint density at radius 1 is 1.41 bits per heavy atom. The maximum absolute atomic E-state index is 5.79. The summed E-state index contributed by atoms with van der Waals surface area (Å²) in [6.45, 7) is 2.04. The van der Waals surface area contributed by atoms with Crippen LogP contribution in [-0.2, 0) is 6.54 Å². The van der Waals surface area contributed by atoms with E-state index in [2.05, 4.69) is 37.9 Å². The number of halogens is 2. The fourth-order valence-electron chi connectivity index (χ4n) is 2.11. The molecule has 1 fully saturated rings. The lowest BCUT2D eigenvalue weighted by atomic mass is 9.91. The minimum absolute atomic E-state index is 0.747. The number of pyridine rings is 1. The van der Waals surface area contributed by atoms with E-state index in [4.69, 9.17) is 11.6 Å². The molecule has 0 bridgehead atoms. The van der Waals surface area contributed by atoms with E-state index in [0.717, 1.165) is 41.6 Å². The van der Waals surface area contributed by atoms with Gasteiger partial charge in [-0.25, -0.2) is 0 Å². The van der Waals surface area contributed by atoms with Gasteiger partial charge in [0.05, 0.1) is 5.69 Å². The first kappa shape index (κ1) is 13.3. The van der Waals surface area contributed by atoms with E-state index in [9.17, 15) is 0 Å². The minimum Gasteiger partial charge on any atom is -0.295 e. The van der Waals surface area contributed by atoms with E-state index in [1.54, 1.807) is 0 Å². The van der Waals surface area contributed by atoms with Gasteiger partial charge in [0, 0.05) is 29.1 Å². The summed E-state index contributed by atoms with van der Waals surface area (Å²) in [4.78, 5) is 6.98. The van der Waals surface area contributed by atoms with Gasteiger partial charge in [0.2, 0.25) is 0 Å². The number of rotatable bonds is 6. The van der Waals surface area contributed by atoms with Crippen LogP contribution in [0.1, 0.15) is 31.4 Å². The predicted octanol–water partition coefficient (Wildman–Crippen LogP) is 3.83. The van der Waals surface area contributed by atoms with Gasteiger partial charge in [0.15, 0.2) is 0 Å². The lowest BCUT2D eigenvalue weighted by Gasteiger charge is -2.37. The minimum atomic E-state index is 0.747. The Kier molecular flexibility index (Phi) is 5.26. The molecule has 0 atom stereocenters. The van der Waals surface area contributed by atoms with Crippen molar-refractivity contribution in [2.45, 2.75) is 38.3 Å². The molecule has 0 N–H and O–H groups in total. The Bertz CT molecular complexity index is 338. The van der Waals surface area contributed by atoms with E-state index >= 15 is 0 Å². The molecule has 4 heteroatoms. The van der Waals surface area contributed by atoms with Crippen LogP contribution in [0.3, 0.4) is 0 Å². The summed E-state index contributed by atoms with van der Waals surface area (Å²) in [6, 6.07) is 4.91. The van der Waals surface area contributed by atoms with Gasteiger partial charge in [0.1, 0.15) is 0 Å². The molecule has 0 aliphatic heterocycles. The van der Waals surface area contributed by atoms with Crippen LogP contribution >= 0.6 is 27.5 Å². The lowest BCUT2D eigenvalue weighted by molar-refractivity contribution is 0.118. The Hall–Kier alpha value is -0.120. The topological polar surface area (TPSA) is 16.1 Å². The van der Waals surface area contributed by atoms with Crippen LogP contribution in [0.4, 0.5) is 0 Å². The second-order valence-corrected chi connectivity index (χ2v) is 5.86. The zero-order valence-corrected chi connectivity index (χ0v) is 12.3. The van der Waals surface area contributed by atoms with Gasteiger partial charge in [-0.05, 0) is 53.9 Å². The summed E-state index contributed by atoms with van der Waals surface area (Å²) < 4.78 is 1.04. The highest BCUT2D eigenvalue weighted by atomic mass is 79.9. The van der Waals surface area contributed by atoms with E-state index in [0.29, 0.717) is 0 Å². The molecule has 0 saturated heterocycles. The van der Waals surface area contributed by atoms with E-state index in [-0.39, 0.29) is 0 Å². The normalized spacial score (nSPS) is 16.2. The Morgan fingerprint density at radius 3 is 2.76 bits per heavy atom. The van der Waals surface area contributed by atoms with Crippen molar-refractivity contribution < 1.29 is 0 Å². The zero-order chi connectivity index (χ0) is 12.1. The van der Waals surface area contributed by atoms with Crippen molar-refractivity contribution >= 4 is 27.5 Å². The molecule has 0 aromatic carbocycles. The van der Waals surface area contributed by atoms with E-state index in [1.165, 1.54) is 19.3 Å². The maximum Gasteiger partial charge on any atom is 0.0544 e. The van der Waals surface area contributed by atoms with Crippen LogP contribution in [0.15, 0.2) is 22.8 Å². The van der Waals surface area contributed by atoms with E-state index in [1.807, 2.05) is 6.20 Å². The molecule has 94 valence electrons. The van der Waals surface area contributed by atoms with E-state index < -0.39 is 0 Å². The van der Waals surface area contributed by atoms with Gasteiger partial charge in [-0.2, -0.15) is 0 Å². The van der Waals surface area contributed by atoms with Crippen LogP contribution in [-0.4, -0.2) is 28.4 Å². The fraction of sp³-hybridized carbons (Fsp3) is 0.615. The molecule has 1 aliphatic rings. The summed E-state index contributed by atoms with van der Waals surface area (Å²) in [5.41, 5.74) is 1.15. The number of aromatic nitrogens is 1. The molecule has 2 nitrogen and oxygen atoms in total. The van der Waals surface area contributed by atoms with Gasteiger partial charge in [-0.1, -0.05) is 6.42 Å². The number of alkyl halides is 1.